The zero-order valence-corrected chi connectivity index (χ0v) is 19.6. The Morgan fingerprint density at radius 3 is 2.21 bits per heavy atom. The molecule has 0 spiro atoms. The van der Waals surface area contributed by atoms with Crippen LogP contribution in [0.5, 0.6) is 0 Å². The second-order valence-electron chi connectivity index (χ2n) is 12.0. The monoisotopic (exact) mass is 394 g/mol. The Labute approximate surface area is 172 Å². The second kappa shape index (κ2) is 7.65. The molecule has 1 aliphatic heterocycles. The number of ether oxygens (including phenoxy) is 2. The number of carbonyl (C=O) groups excluding carboxylic acids is 2. The molecule has 0 radical (unpaired) electrons. The molecule has 2 rings (SSSR count). The summed E-state index contributed by atoms with van der Waals surface area (Å²) in [4.78, 5) is 26.2. The SMILES string of the molecule is CCC1CC2CC(OC(=O)C(C)(CC(C)(C)C)C(C)(C)C)(C1)CC(C)OC2=O. The van der Waals surface area contributed by atoms with E-state index in [0.29, 0.717) is 18.8 Å². The van der Waals surface area contributed by atoms with E-state index in [2.05, 4.69) is 55.4 Å². The van der Waals surface area contributed by atoms with Crippen molar-refractivity contribution in [3.05, 3.63) is 0 Å². The summed E-state index contributed by atoms with van der Waals surface area (Å²) >= 11 is 0. The lowest BCUT2D eigenvalue weighted by molar-refractivity contribution is -0.189. The van der Waals surface area contributed by atoms with Crippen LogP contribution in [-0.2, 0) is 19.1 Å². The van der Waals surface area contributed by atoms with Crippen LogP contribution in [0, 0.1) is 28.1 Å². The highest BCUT2D eigenvalue weighted by atomic mass is 16.6. The lowest BCUT2D eigenvalue weighted by Gasteiger charge is -2.48. The fourth-order valence-electron chi connectivity index (χ4n) is 5.28. The van der Waals surface area contributed by atoms with Crippen LogP contribution in [0.3, 0.4) is 0 Å². The van der Waals surface area contributed by atoms with Crippen molar-refractivity contribution in [2.24, 2.45) is 28.1 Å². The van der Waals surface area contributed by atoms with Crippen LogP contribution in [0.2, 0.25) is 0 Å². The molecule has 1 saturated heterocycles. The topological polar surface area (TPSA) is 52.6 Å². The van der Waals surface area contributed by atoms with Gasteiger partial charge in [0.2, 0.25) is 0 Å². The van der Waals surface area contributed by atoms with Crippen molar-refractivity contribution in [3.8, 4) is 0 Å². The minimum Gasteiger partial charge on any atom is -0.462 e. The maximum Gasteiger partial charge on any atom is 0.312 e. The van der Waals surface area contributed by atoms with E-state index in [-0.39, 0.29) is 34.8 Å². The van der Waals surface area contributed by atoms with Gasteiger partial charge in [-0.2, -0.15) is 0 Å². The number of rotatable bonds is 4. The minimum absolute atomic E-state index is 0.00952. The van der Waals surface area contributed by atoms with Crippen molar-refractivity contribution in [1.29, 1.82) is 0 Å². The van der Waals surface area contributed by atoms with Crippen LogP contribution >= 0.6 is 0 Å². The Balaban J connectivity index is 2.37. The van der Waals surface area contributed by atoms with Crippen molar-refractivity contribution in [1.82, 2.24) is 0 Å². The van der Waals surface area contributed by atoms with Crippen molar-refractivity contribution in [3.63, 3.8) is 0 Å². The summed E-state index contributed by atoms with van der Waals surface area (Å²) in [7, 11) is 0. The summed E-state index contributed by atoms with van der Waals surface area (Å²) in [5.74, 6) is 0.0108. The van der Waals surface area contributed by atoms with Crippen molar-refractivity contribution >= 4 is 11.9 Å². The van der Waals surface area contributed by atoms with Gasteiger partial charge in [-0.1, -0.05) is 54.9 Å². The first-order valence-corrected chi connectivity index (χ1v) is 11.0. The third-order valence-corrected chi connectivity index (χ3v) is 7.08. The van der Waals surface area contributed by atoms with Gasteiger partial charge in [0, 0.05) is 12.8 Å². The lowest BCUT2D eigenvalue weighted by atomic mass is 9.61. The van der Waals surface area contributed by atoms with Gasteiger partial charge in [-0.3, -0.25) is 9.59 Å². The van der Waals surface area contributed by atoms with Crippen LogP contribution in [0.15, 0.2) is 0 Å². The maximum absolute atomic E-state index is 13.7. The summed E-state index contributed by atoms with van der Waals surface area (Å²) in [5, 5.41) is 0. The molecule has 1 heterocycles. The summed E-state index contributed by atoms with van der Waals surface area (Å²) in [6.45, 7) is 19.0. The first-order valence-electron chi connectivity index (χ1n) is 11.0. The van der Waals surface area contributed by atoms with E-state index >= 15 is 0 Å². The predicted octanol–water partition coefficient (Wildman–Crippen LogP) is 5.92. The minimum atomic E-state index is -0.602. The normalized spacial score (nSPS) is 33.5. The molecule has 5 unspecified atom stereocenters. The number of cyclic esters (lactones) is 1. The summed E-state index contributed by atoms with van der Waals surface area (Å²) in [6, 6.07) is 0. The Hall–Kier alpha value is -1.06. The van der Waals surface area contributed by atoms with Gasteiger partial charge in [0.15, 0.2) is 0 Å². The zero-order valence-electron chi connectivity index (χ0n) is 19.6. The van der Waals surface area contributed by atoms with Crippen LogP contribution in [0.25, 0.3) is 0 Å². The van der Waals surface area contributed by atoms with E-state index in [1.807, 2.05) is 6.92 Å². The highest BCUT2D eigenvalue weighted by Gasteiger charge is 2.54. The summed E-state index contributed by atoms with van der Waals surface area (Å²) in [5.41, 5.74) is -1.41. The molecule has 4 heteroatoms. The maximum atomic E-state index is 13.7. The average Bonchev–Trinajstić information content (AvgIpc) is 2.58. The second-order valence-corrected chi connectivity index (χ2v) is 12.0. The van der Waals surface area contributed by atoms with Gasteiger partial charge >= 0.3 is 11.9 Å². The Morgan fingerprint density at radius 2 is 1.71 bits per heavy atom. The molecule has 28 heavy (non-hydrogen) atoms. The molecule has 2 aliphatic rings. The highest BCUT2D eigenvalue weighted by molar-refractivity contribution is 5.78. The van der Waals surface area contributed by atoms with E-state index in [0.717, 1.165) is 25.7 Å². The van der Waals surface area contributed by atoms with Crippen molar-refractivity contribution in [2.45, 2.75) is 113 Å². The van der Waals surface area contributed by atoms with E-state index in [4.69, 9.17) is 9.47 Å². The Morgan fingerprint density at radius 1 is 1.11 bits per heavy atom. The van der Waals surface area contributed by atoms with Crippen molar-refractivity contribution in [2.75, 3.05) is 0 Å². The third-order valence-electron chi connectivity index (χ3n) is 7.08. The van der Waals surface area contributed by atoms with Gasteiger partial charge < -0.3 is 9.47 Å². The lowest BCUT2D eigenvalue weighted by Crippen LogP contribution is -2.51. The third kappa shape index (κ3) is 4.91. The molecule has 5 atom stereocenters. The molecule has 0 aromatic heterocycles. The fourth-order valence-corrected chi connectivity index (χ4v) is 5.28. The predicted molar refractivity (Wildman–Crippen MR) is 112 cm³/mol. The molecule has 0 aromatic rings. The van der Waals surface area contributed by atoms with Gasteiger partial charge in [0.25, 0.3) is 0 Å². The molecule has 1 saturated carbocycles. The molecule has 162 valence electrons. The largest absolute Gasteiger partial charge is 0.462 e. The van der Waals surface area contributed by atoms with Gasteiger partial charge in [0.05, 0.1) is 11.3 Å². The van der Waals surface area contributed by atoms with E-state index < -0.39 is 11.0 Å². The molecular formula is C24H42O4. The number of hydrogen-bond acceptors (Lipinski definition) is 4. The molecule has 0 N–H and O–H groups in total. The molecule has 4 nitrogen and oxygen atoms in total. The van der Waals surface area contributed by atoms with E-state index in [1.165, 1.54) is 0 Å². The quantitative estimate of drug-likeness (QED) is 0.555. The standard InChI is InChI=1S/C24H42O4/c1-10-17-11-18-14-24(13-17,12-16(2)27-19(18)25)28-20(26)23(9,22(6,7)8)15-21(3,4)5/h16-18H,10-15H2,1-9H3. The fraction of sp³-hybridized carbons (Fsp3) is 0.917. The molecule has 0 aromatic carbocycles. The van der Waals surface area contributed by atoms with Gasteiger partial charge in [-0.25, -0.2) is 0 Å². The Kier molecular flexibility index (Phi) is 6.34. The van der Waals surface area contributed by atoms with Crippen LogP contribution in [0.1, 0.15) is 101 Å². The van der Waals surface area contributed by atoms with E-state index in [9.17, 15) is 9.59 Å². The first-order chi connectivity index (χ1) is 12.6. The van der Waals surface area contributed by atoms with Crippen LogP contribution in [0.4, 0.5) is 0 Å². The van der Waals surface area contributed by atoms with Crippen molar-refractivity contribution < 1.29 is 19.1 Å². The molecule has 0 amide bonds. The molecule has 2 fully saturated rings. The van der Waals surface area contributed by atoms with Gasteiger partial charge in [0.1, 0.15) is 11.7 Å². The Bertz CT molecular complexity index is 597. The summed E-state index contributed by atoms with van der Waals surface area (Å²) in [6.07, 6.45) is 4.42. The number of hydrogen-bond donors (Lipinski definition) is 0. The molecular weight excluding hydrogens is 352 g/mol. The van der Waals surface area contributed by atoms with Gasteiger partial charge in [-0.05, 0) is 49.9 Å². The van der Waals surface area contributed by atoms with Crippen LogP contribution < -0.4 is 0 Å². The zero-order chi connectivity index (χ0) is 21.5. The van der Waals surface area contributed by atoms with Crippen LogP contribution in [-0.4, -0.2) is 23.6 Å². The van der Waals surface area contributed by atoms with Gasteiger partial charge in [-0.15, -0.1) is 0 Å². The average molecular weight is 395 g/mol. The summed E-state index contributed by atoms with van der Waals surface area (Å²) < 4.78 is 12.1. The molecule has 2 bridgehead atoms. The number of carbonyl (C=O) groups is 2. The number of fused-ring (bicyclic) bond motifs is 2. The van der Waals surface area contributed by atoms with E-state index in [1.54, 1.807) is 0 Å². The first kappa shape index (κ1) is 23.2. The molecule has 1 aliphatic carbocycles. The highest BCUT2D eigenvalue weighted by Crippen LogP contribution is 2.51. The smallest absolute Gasteiger partial charge is 0.312 e. The number of esters is 2.